The maximum atomic E-state index is 12.4. The first-order valence-electron chi connectivity index (χ1n) is 8.55. The minimum absolute atomic E-state index is 0.370. The molecule has 0 saturated heterocycles. The van der Waals surface area contributed by atoms with E-state index in [1.807, 2.05) is 42.7 Å². The lowest BCUT2D eigenvalue weighted by Gasteiger charge is -2.10. The predicted molar refractivity (Wildman–Crippen MR) is 106 cm³/mol. The molecule has 0 bridgehead atoms. The van der Waals surface area contributed by atoms with Crippen LogP contribution in [0.25, 0.3) is 16.9 Å². The summed E-state index contributed by atoms with van der Waals surface area (Å²) >= 11 is 6.18. The molecule has 4 rings (SSSR count). The van der Waals surface area contributed by atoms with E-state index in [-0.39, 0.29) is 0 Å². The molecule has 0 spiro atoms. The number of nitrogens with zero attached hydrogens (tertiary/aromatic N) is 4. The van der Waals surface area contributed by atoms with Crippen LogP contribution in [0.15, 0.2) is 33.9 Å². The van der Waals surface area contributed by atoms with E-state index in [2.05, 4.69) is 15.3 Å². The predicted octanol–water partition coefficient (Wildman–Crippen LogP) is 2.06. The number of aromatic nitrogens is 5. The Bertz CT molecular complexity index is 1290. The summed E-state index contributed by atoms with van der Waals surface area (Å²) in [5.41, 5.74) is 2.62. The van der Waals surface area contributed by atoms with Crippen LogP contribution in [0, 0.1) is 13.8 Å². The van der Waals surface area contributed by atoms with Crippen molar-refractivity contribution in [2.75, 3.05) is 11.9 Å². The number of fused-ring (bicyclic) bond motifs is 3. The van der Waals surface area contributed by atoms with E-state index < -0.39 is 11.2 Å². The Morgan fingerprint density at radius 3 is 2.67 bits per heavy atom. The highest BCUT2D eigenvalue weighted by atomic mass is 35.5. The fraction of sp³-hybridized carbons (Fsp3) is 0.278. The molecule has 3 aromatic heterocycles. The lowest BCUT2D eigenvalue weighted by atomic mass is 10.3. The fourth-order valence-electron chi connectivity index (χ4n) is 3.35. The number of aromatic amines is 1. The molecule has 0 aliphatic carbocycles. The molecule has 0 amide bonds. The van der Waals surface area contributed by atoms with Crippen molar-refractivity contribution >= 4 is 34.2 Å². The molecule has 0 aliphatic heterocycles. The highest BCUT2D eigenvalue weighted by molar-refractivity contribution is 6.33. The van der Waals surface area contributed by atoms with Gasteiger partial charge in [-0.05, 0) is 26.0 Å². The highest BCUT2D eigenvalue weighted by Gasteiger charge is 2.20. The molecule has 27 heavy (non-hydrogen) atoms. The van der Waals surface area contributed by atoms with Gasteiger partial charge in [-0.1, -0.05) is 23.7 Å². The van der Waals surface area contributed by atoms with Crippen LogP contribution in [0.3, 0.4) is 0 Å². The van der Waals surface area contributed by atoms with E-state index in [4.69, 9.17) is 11.6 Å². The maximum absolute atomic E-state index is 12.4. The molecule has 0 unspecified atom stereocenters. The summed E-state index contributed by atoms with van der Waals surface area (Å²) < 4.78 is 5.19. The largest absolute Gasteiger partial charge is 0.382 e. The fourth-order valence-corrected chi connectivity index (χ4v) is 3.55. The quantitative estimate of drug-likeness (QED) is 0.562. The molecule has 4 aromatic rings. The second-order valence-electron chi connectivity index (χ2n) is 6.47. The monoisotopic (exact) mass is 386 g/mol. The molecule has 9 heteroatoms. The van der Waals surface area contributed by atoms with E-state index in [1.54, 1.807) is 11.4 Å². The first kappa shape index (κ1) is 17.4. The number of imidazole rings is 2. The number of aryl methyl sites for hydroxylation is 2. The highest BCUT2D eigenvalue weighted by Crippen LogP contribution is 2.22. The molecular weight excluding hydrogens is 368 g/mol. The van der Waals surface area contributed by atoms with Crippen LogP contribution in [0.5, 0.6) is 0 Å². The van der Waals surface area contributed by atoms with Gasteiger partial charge in [0.15, 0.2) is 11.2 Å². The van der Waals surface area contributed by atoms with Gasteiger partial charge in [0.2, 0.25) is 5.78 Å². The zero-order valence-electron chi connectivity index (χ0n) is 15.2. The Morgan fingerprint density at radius 1 is 1.19 bits per heavy atom. The molecule has 0 radical (unpaired) electrons. The van der Waals surface area contributed by atoms with Gasteiger partial charge in [-0.2, -0.15) is 4.98 Å². The Morgan fingerprint density at radius 2 is 1.93 bits per heavy atom. The van der Waals surface area contributed by atoms with Gasteiger partial charge in [0.1, 0.15) is 0 Å². The van der Waals surface area contributed by atoms with Crippen molar-refractivity contribution in [2.24, 2.45) is 7.05 Å². The third-order valence-corrected chi connectivity index (χ3v) is 5.26. The number of para-hydroxylation sites is 1. The lowest BCUT2D eigenvalue weighted by molar-refractivity contribution is 0.722. The molecule has 0 fully saturated rings. The molecule has 0 aliphatic rings. The van der Waals surface area contributed by atoms with Crippen molar-refractivity contribution < 1.29 is 0 Å². The number of nitrogens with one attached hydrogen (secondary N) is 2. The summed E-state index contributed by atoms with van der Waals surface area (Å²) in [5.74, 6) is 0.632. The Hall–Kier alpha value is -3.00. The van der Waals surface area contributed by atoms with Crippen molar-refractivity contribution in [1.82, 2.24) is 23.5 Å². The van der Waals surface area contributed by atoms with Gasteiger partial charge in [-0.25, -0.2) is 4.79 Å². The second-order valence-corrected chi connectivity index (χ2v) is 6.87. The zero-order valence-corrected chi connectivity index (χ0v) is 16.0. The van der Waals surface area contributed by atoms with Crippen LogP contribution in [0.2, 0.25) is 5.02 Å². The van der Waals surface area contributed by atoms with Gasteiger partial charge >= 0.3 is 5.69 Å². The molecule has 8 nitrogen and oxygen atoms in total. The standard InChI is InChI=1S/C18H19ClN6O2/c1-10-11(2)25-14-15(23(3)18(27)22-16(14)26)21-17(25)24(10)9-8-20-13-7-5-4-6-12(13)19/h4-7,20H,8-9H2,1-3H3,(H,22,26,27). The van der Waals surface area contributed by atoms with Gasteiger partial charge in [-0.15, -0.1) is 0 Å². The van der Waals surface area contributed by atoms with Gasteiger partial charge in [0.25, 0.3) is 5.56 Å². The normalized spacial score (nSPS) is 11.6. The third kappa shape index (κ3) is 2.64. The molecule has 0 atom stereocenters. The van der Waals surface area contributed by atoms with Crippen LogP contribution in [0.4, 0.5) is 5.69 Å². The van der Waals surface area contributed by atoms with Crippen molar-refractivity contribution in [3.63, 3.8) is 0 Å². The summed E-state index contributed by atoms with van der Waals surface area (Å²) in [7, 11) is 1.60. The smallest absolute Gasteiger partial charge is 0.329 e. The molecule has 0 saturated carbocycles. The van der Waals surface area contributed by atoms with Crippen LogP contribution < -0.4 is 16.6 Å². The molecule has 3 heterocycles. The van der Waals surface area contributed by atoms with Gasteiger partial charge in [0.05, 0.1) is 10.7 Å². The minimum atomic E-state index is -0.477. The lowest BCUT2D eigenvalue weighted by Crippen LogP contribution is -2.28. The second kappa shape index (κ2) is 6.31. The number of H-pyrrole nitrogens is 1. The minimum Gasteiger partial charge on any atom is -0.382 e. The van der Waals surface area contributed by atoms with E-state index in [1.165, 1.54) is 4.57 Å². The van der Waals surface area contributed by atoms with Crippen LogP contribution in [-0.2, 0) is 13.6 Å². The number of halogens is 1. The summed E-state index contributed by atoms with van der Waals surface area (Å²) in [6, 6.07) is 7.56. The average molecular weight is 387 g/mol. The van der Waals surface area contributed by atoms with E-state index in [0.717, 1.165) is 17.1 Å². The van der Waals surface area contributed by atoms with Crippen LogP contribution >= 0.6 is 11.6 Å². The zero-order chi connectivity index (χ0) is 19.3. The Kier molecular flexibility index (Phi) is 4.07. The van der Waals surface area contributed by atoms with Crippen molar-refractivity contribution in [2.45, 2.75) is 20.4 Å². The number of rotatable bonds is 4. The van der Waals surface area contributed by atoms with Gasteiger partial charge < -0.3 is 9.88 Å². The average Bonchev–Trinajstić information content (AvgIpc) is 3.13. The third-order valence-electron chi connectivity index (χ3n) is 4.93. The van der Waals surface area contributed by atoms with Gasteiger partial charge in [0, 0.05) is 31.5 Å². The SMILES string of the molecule is Cc1c(C)n2c3c(=O)[nH]c(=O)n(C)c3nc2n1CCNc1ccccc1Cl. The van der Waals surface area contributed by atoms with E-state index in [0.29, 0.717) is 35.1 Å². The summed E-state index contributed by atoms with van der Waals surface area (Å²) in [6.45, 7) is 5.18. The van der Waals surface area contributed by atoms with E-state index >= 15 is 0 Å². The number of anilines is 1. The van der Waals surface area contributed by atoms with Crippen molar-refractivity contribution in [3.8, 4) is 0 Å². The first-order valence-corrected chi connectivity index (χ1v) is 8.93. The summed E-state index contributed by atoms with van der Waals surface area (Å²) in [4.78, 5) is 31.2. The Balaban J connectivity index is 1.78. The maximum Gasteiger partial charge on any atom is 0.329 e. The molecule has 140 valence electrons. The Labute approximate surface area is 159 Å². The molecular formula is C18H19ClN6O2. The molecule has 2 N–H and O–H groups in total. The topological polar surface area (TPSA) is 89.1 Å². The van der Waals surface area contributed by atoms with Crippen molar-refractivity contribution in [1.29, 1.82) is 0 Å². The van der Waals surface area contributed by atoms with Crippen LogP contribution in [-0.4, -0.2) is 30.0 Å². The van der Waals surface area contributed by atoms with E-state index in [9.17, 15) is 9.59 Å². The summed E-state index contributed by atoms with van der Waals surface area (Å²) in [6.07, 6.45) is 0. The summed E-state index contributed by atoms with van der Waals surface area (Å²) in [5, 5.41) is 3.98. The first-order chi connectivity index (χ1) is 12.9. The number of hydrogen-bond donors (Lipinski definition) is 2. The van der Waals surface area contributed by atoms with Crippen molar-refractivity contribution in [3.05, 3.63) is 61.5 Å². The van der Waals surface area contributed by atoms with Crippen LogP contribution in [0.1, 0.15) is 11.4 Å². The number of benzene rings is 1. The van der Waals surface area contributed by atoms with Gasteiger partial charge in [-0.3, -0.25) is 18.7 Å². The molecule has 1 aromatic carbocycles. The number of hydrogen-bond acceptors (Lipinski definition) is 4.